The van der Waals surface area contributed by atoms with Crippen LogP contribution in [-0.2, 0) is 21.4 Å². The fourth-order valence-electron chi connectivity index (χ4n) is 2.37. The number of sulfonamides is 1. The van der Waals surface area contributed by atoms with Crippen molar-refractivity contribution in [2.45, 2.75) is 13.0 Å². The third-order valence-electron chi connectivity index (χ3n) is 3.69. The molecule has 25 heavy (non-hydrogen) atoms. The van der Waals surface area contributed by atoms with Crippen LogP contribution in [-0.4, -0.2) is 70.3 Å². The Morgan fingerprint density at radius 2 is 1.96 bits per heavy atom. The number of amides is 1. The van der Waals surface area contributed by atoms with Gasteiger partial charge in [0, 0.05) is 13.1 Å². The van der Waals surface area contributed by atoms with E-state index in [-0.39, 0.29) is 25.8 Å². The van der Waals surface area contributed by atoms with E-state index in [9.17, 15) is 13.2 Å². The third kappa shape index (κ3) is 6.18. The van der Waals surface area contributed by atoms with E-state index in [1.165, 1.54) is 0 Å². The van der Waals surface area contributed by atoms with Crippen LogP contribution in [0.25, 0.3) is 0 Å². The van der Waals surface area contributed by atoms with Crippen LogP contribution in [0.5, 0.6) is 11.5 Å². The molecular formula is C16H25N3O5S. The number of nitrogens with one attached hydrogen (secondary N) is 1. The predicted molar refractivity (Wildman–Crippen MR) is 94.0 cm³/mol. The van der Waals surface area contributed by atoms with Gasteiger partial charge in [0.1, 0.15) is 0 Å². The summed E-state index contributed by atoms with van der Waals surface area (Å²) in [7, 11) is 0.390. The molecule has 0 unspecified atom stereocenters. The quantitative estimate of drug-likeness (QED) is 0.626. The molecule has 2 rings (SSSR count). The Hall–Kier alpha value is -1.84. The second-order valence-corrected chi connectivity index (χ2v) is 8.21. The molecule has 0 aliphatic carbocycles. The SMILES string of the molecule is CN(C)CCCNC(=O)CN(Cc1ccc2c(c1)OCO2)S(C)(=O)=O. The molecule has 1 aromatic rings. The molecule has 0 fully saturated rings. The maximum Gasteiger partial charge on any atom is 0.235 e. The van der Waals surface area contributed by atoms with Crippen molar-refractivity contribution < 1.29 is 22.7 Å². The zero-order chi connectivity index (χ0) is 18.4. The molecule has 1 heterocycles. The van der Waals surface area contributed by atoms with Crippen molar-refractivity contribution in [3.63, 3.8) is 0 Å². The lowest BCUT2D eigenvalue weighted by Gasteiger charge is -2.20. The molecule has 0 spiro atoms. The van der Waals surface area contributed by atoms with E-state index in [1.54, 1.807) is 18.2 Å². The fourth-order valence-corrected chi connectivity index (χ4v) is 3.11. The first kappa shape index (κ1) is 19.5. The van der Waals surface area contributed by atoms with Gasteiger partial charge in [0.2, 0.25) is 22.7 Å². The summed E-state index contributed by atoms with van der Waals surface area (Å²) in [5.74, 6) is 0.900. The van der Waals surface area contributed by atoms with Crippen molar-refractivity contribution in [3.8, 4) is 11.5 Å². The van der Waals surface area contributed by atoms with Crippen LogP contribution in [0.3, 0.4) is 0 Å². The molecule has 9 heteroatoms. The van der Waals surface area contributed by atoms with Crippen LogP contribution in [0.2, 0.25) is 0 Å². The summed E-state index contributed by atoms with van der Waals surface area (Å²) >= 11 is 0. The monoisotopic (exact) mass is 371 g/mol. The maximum atomic E-state index is 12.0. The lowest BCUT2D eigenvalue weighted by Crippen LogP contribution is -2.40. The Morgan fingerprint density at radius 1 is 1.24 bits per heavy atom. The van der Waals surface area contributed by atoms with Gasteiger partial charge in [-0.15, -0.1) is 0 Å². The van der Waals surface area contributed by atoms with E-state index in [2.05, 4.69) is 5.32 Å². The Bertz CT molecular complexity index is 706. The summed E-state index contributed by atoms with van der Waals surface area (Å²) < 4.78 is 35.7. The fraction of sp³-hybridized carbons (Fsp3) is 0.562. The molecule has 1 amide bonds. The zero-order valence-electron chi connectivity index (χ0n) is 14.8. The summed E-state index contributed by atoms with van der Waals surface area (Å²) in [5, 5.41) is 2.75. The highest BCUT2D eigenvalue weighted by molar-refractivity contribution is 7.88. The van der Waals surface area contributed by atoms with Gasteiger partial charge in [-0.05, 0) is 44.8 Å². The first-order valence-electron chi connectivity index (χ1n) is 8.01. The highest BCUT2D eigenvalue weighted by Gasteiger charge is 2.22. The van der Waals surface area contributed by atoms with Gasteiger partial charge < -0.3 is 19.7 Å². The number of hydrogen-bond acceptors (Lipinski definition) is 6. The van der Waals surface area contributed by atoms with E-state index >= 15 is 0 Å². The summed E-state index contributed by atoms with van der Waals surface area (Å²) in [6, 6.07) is 5.23. The van der Waals surface area contributed by atoms with E-state index in [4.69, 9.17) is 9.47 Å². The minimum Gasteiger partial charge on any atom is -0.454 e. The van der Waals surface area contributed by atoms with Crippen LogP contribution < -0.4 is 14.8 Å². The van der Waals surface area contributed by atoms with E-state index in [1.807, 2.05) is 19.0 Å². The lowest BCUT2D eigenvalue weighted by atomic mass is 10.2. The number of carbonyl (C=O) groups excluding carboxylic acids is 1. The number of ether oxygens (including phenoxy) is 2. The first-order chi connectivity index (χ1) is 11.8. The number of carbonyl (C=O) groups is 1. The van der Waals surface area contributed by atoms with Crippen LogP contribution in [0.4, 0.5) is 0 Å². The van der Waals surface area contributed by atoms with Gasteiger partial charge in [-0.2, -0.15) is 4.31 Å². The second kappa shape index (κ2) is 8.50. The minimum atomic E-state index is -3.52. The Morgan fingerprint density at radius 3 is 2.64 bits per heavy atom. The maximum absolute atomic E-state index is 12.0. The molecule has 0 aromatic heterocycles. The average Bonchev–Trinajstić information content (AvgIpc) is 2.97. The number of nitrogens with zero attached hydrogens (tertiary/aromatic N) is 2. The number of benzene rings is 1. The number of rotatable bonds is 9. The van der Waals surface area contributed by atoms with E-state index < -0.39 is 10.0 Å². The summed E-state index contributed by atoms with van der Waals surface area (Å²) in [6.45, 7) is 1.41. The molecule has 0 saturated heterocycles. The molecule has 140 valence electrons. The van der Waals surface area contributed by atoms with Gasteiger partial charge in [0.05, 0.1) is 12.8 Å². The van der Waals surface area contributed by atoms with Crippen molar-refractivity contribution in [1.82, 2.24) is 14.5 Å². The average molecular weight is 371 g/mol. The van der Waals surface area contributed by atoms with Gasteiger partial charge in [-0.25, -0.2) is 8.42 Å². The zero-order valence-corrected chi connectivity index (χ0v) is 15.6. The largest absolute Gasteiger partial charge is 0.454 e. The van der Waals surface area contributed by atoms with Gasteiger partial charge in [-0.3, -0.25) is 4.79 Å². The van der Waals surface area contributed by atoms with Crippen molar-refractivity contribution >= 4 is 15.9 Å². The summed E-state index contributed by atoms with van der Waals surface area (Å²) in [4.78, 5) is 14.1. The van der Waals surface area contributed by atoms with Crippen molar-refractivity contribution in [2.24, 2.45) is 0 Å². The smallest absolute Gasteiger partial charge is 0.235 e. The minimum absolute atomic E-state index is 0.0978. The Kier molecular flexibility index (Phi) is 6.63. The molecule has 0 bridgehead atoms. The standard InChI is InChI=1S/C16H25N3O5S/c1-18(2)8-4-7-17-16(20)11-19(25(3,21)22)10-13-5-6-14-15(9-13)24-12-23-14/h5-6,9H,4,7-8,10-12H2,1-3H3,(H,17,20). The van der Waals surface area contributed by atoms with Crippen molar-refractivity contribution in [3.05, 3.63) is 23.8 Å². The molecular weight excluding hydrogens is 346 g/mol. The summed E-state index contributed by atoms with van der Waals surface area (Å²) in [6.07, 6.45) is 1.90. The van der Waals surface area contributed by atoms with Crippen LogP contribution in [0.1, 0.15) is 12.0 Å². The molecule has 0 saturated carbocycles. The normalized spacial score (nSPS) is 13.5. The highest BCUT2D eigenvalue weighted by atomic mass is 32.2. The Labute approximate surface area is 148 Å². The lowest BCUT2D eigenvalue weighted by molar-refractivity contribution is -0.121. The molecule has 1 N–H and O–H groups in total. The van der Waals surface area contributed by atoms with Gasteiger partial charge >= 0.3 is 0 Å². The van der Waals surface area contributed by atoms with Crippen LogP contribution >= 0.6 is 0 Å². The highest BCUT2D eigenvalue weighted by Crippen LogP contribution is 2.32. The van der Waals surface area contributed by atoms with Gasteiger partial charge in [0.15, 0.2) is 11.5 Å². The van der Waals surface area contributed by atoms with E-state index in [0.29, 0.717) is 18.0 Å². The molecule has 8 nitrogen and oxygen atoms in total. The number of hydrogen-bond donors (Lipinski definition) is 1. The second-order valence-electron chi connectivity index (χ2n) is 6.23. The molecule has 0 atom stereocenters. The number of fused-ring (bicyclic) bond motifs is 1. The summed E-state index contributed by atoms with van der Waals surface area (Å²) in [5.41, 5.74) is 0.732. The molecule has 1 aliphatic rings. The van der Waals surface area contributed by atoms with Crippen LogP contribution in [0, 0.1) is 0 Å². The van der Waals surface area contributed by atoms with Gasteiger partial charge in [0.25, 0.3) is 0 Å². The Balaban J connectivity index is 1.94. The molecule has 0 radical (unpaired) electrons. The molecule has 1 aromatic carbocycles. The van der Waals surface area contributed by atoms with Crippen molar-refractivity contribution in [1.29, 1.82) is 0 Å². The van der Waals surface area contributed by atoms with Crippen molar-refractivity contribution in [2.75, 3.05) is 46.8 Å². The van der Waals surface area contributed by atoms with Gasteiger partial charge in [-0.1, -0.05) is 6.07 Å². The first-order valence-corrected chi connectivity index (χ1v) is 9.85. The topological polar surface area (TPSA) is 88.2 Å². The van der Waals surface area contributed by atoms with E-state index in [0.717, 1.165) is 29.1 Å². The predicted octanol–water partition coefficient (Wildman–Crippen LogP) is 0.245. The third-order valence-corrected chi connectivity index (χ3v) is 4.89. The van der Waals surface area contributed by atoms with Crippen LogP contribution in [0.15, 0.2) is 18.2 Å². The molecule has 1 aliphatic heterocycles.